The molecule has 1 fully saturated rings. The summed E-state index contributed by atoms with van der Waals surface area (Å²) in [5.41, 5.74) is 0. The predicted octanol–water partition coefficient (Wildman–Crippen LogP) is 5.11. The number of benzene rings is 1. The number of ether oxygens (including phenoxy) is 1. The number of hydrogen-bond donors (Lipinski definition) is 0. The van der Waals surface area contributed by atoms with Crippen molar-refractivity contribution in [3.05, 3.63) is 25.6 Å². The highest BCUT2D eigenvalue weighted by Gasteiger charge is 2.23. The number of rotatable bonds is 4. The van der Waals surface area contributed by atoms with E-state index in [9.17, 15) is 4.79 Å². The summed E-state index contributed by atoms with van der Waals surface area (Å²) in [6.07, 6.45) is 4.37. The van der Waals surface area contributed by atoms with Gasteiger partial charge in [0.25, 0.3) is 0 Å². The molecule has 2 rings (SSSR count). The van der Waals surface area contributed by atoms with E-state index in [4.69, 9.17) is 4.74 Å². The highest BCUT2D eigenvalue weighted by molar-refractivity contribution is 9.11. The third kappa shape index (κ3) is 3.58. The van der Waals surface area contributed by atoms with Gasteiger partial charge in [0.05, 0.1) is 8.95 Å². The van der Waals surface area contributed by atoms with Crippen LogP contribution in [0.5, 0.6) is 5.75 Å². The molecule has 0 bridgehead atoms. The van der Waals surface area contributed by atoms with Gasteiger partial charge in [-0.1, -0.05) is 28.8 Å². The minimum atomic E-state index is 0.156. The normalized spacial score (nSPS) is 15.9. The van der Waals surface area contributed by atoms with Crippen LogP contribution in [-0.2, 0) is 4.79 Å². The zero-order valence-corrected chi connectivity index (χ0v) is 14.5. The van der Waals surface area contributed by atoms with Crippen LogP contribution < -0.4 is 4.74 Å². The van der Waals surface area contributed by atoms with Crippen molar-refractivity contribution in [3.8, 4) is 5.75 Å². The quantitative estimate of drug-likeness (QED) is 0.650. The first kappa shape index (κ1) is 14.5. The Balaban J connectivity index is 1.99. The summed E-state index contributed by atoms with van der Waals surface area (Å²) < 4.78 is 8.26. The maximum atomic E-state index is 11.9. The maximum absolute atomic E-state index is 11.9. The molecule has 0 radical (unpaired) electrons. The van der Waals surface area contributed by atoms with Gasteiger partial charge in [-0.25, -0.2) is 0 Å². The Bertz CT molecular complexity index is 431. The van der Waals surface area contributed by atoms with E-state index in [1.165, 1.54) is 12.8 Å². The zero-order valence-electron chi connectivity index (χ0n) is 9.72. The highest BCUT2D eigenvalue weighted by Crippen LogP contribution is 2.36. The standard InChI is InChI=1S/C13H13Br3O2/c14-9-5-10(15)13(11(16)6-9)18-7-12(17)8-3-1-2-4-8/h5-6,8H,1-4,7H2. The Morgan fingerprint density at radius 2 is 1.72 bits per heavy atom. The fraction of sp³-hybridized carbons (Fsp3) is 0.462. The molecular weight excluding hydrogens is 428 g/mol. The number of ketones is 1. The van der Waals surface area contributed by atoms with Gasteiger partial charge in [0.15, 0.2) is 5.78 Å². The van der Waals surface area contributed by atoms with Crippen molar-refractivity contribution >= 4 is 53.6 Å². The number of carbonyl (C=O) groups is 1. The van der Waals surface area contributed by atoms with E-state index in [0.29, 0.717) is 5.75 Å². The van der Waals surface area contributed by atoms with Gasteiger partial charge in [0.1, 0.15) is 12.4 Å². The van der Waals surface area contributed by atoms with Crippen LogP contribution in [0.15, 0.2) is 25.6 Å². The first-order chi connectivity index (χ1) is 8.58. The van der Waals surface area contributed by atoms with Crippen LogP contribution in [-0.4, -0.2) is 12.4 Å². The molecule has 1 aromatic carbocycles. The lowest BCUT2D eigenvalue weighted by Crippen LogP contribution is -2.19. The number of Topliss-reactive ketones (excluding diaryl/α,β-unsaturated/α-hetero) is 1. The van der Waals surface area contributed by atoms with Gasteiger partial charge in [-0.2, -0.15) is 0 Å². The van der Waals surface area contributed by atoms with E-state index in [2.05, 4.69) is 47.8 Å². The van der Waals surface area contributed by atoms with E-state index < -0.39 is 0 Å². The van der Waals surface area contributed by atoms with Gasteiger partial charge >= 0.3 is 0 Å². The monoisotopic (exact) mass is 438 g/mol. The van der Waals surface area contributed by atoms with E-state index >= 15 is 0 Å². The third-order valence-electron chi connectivity index (χ3n) is 3.13. The molecule has 0 atom stereocenters. The van der Waals surface area contributed by atoms with Crippen molar-refractivity contribution in [1.82, 2.24) is 0 Å². The van der Waals surface area contributed by atoms with E-state index in [-0.39, 0.29) is 18.3 Å². The summed E-state index contributed by atoms with van der Waals surface area (Å²) in [4.78, 5) is 11.9. The first-order valence-corrected chi connectivity index (χ1v) is 8.26. The van der Waals surface area contributed by atoms with Crippen molar-refractivity contribution in [2.45, 2.75) is 25.7 Å². The minimum absolute atomic E-state index is 0.156. The SMILES string of the molecule is O=C(COc1c(Br)cc(Br)cc1Br)C1CCCC1. The predicted molar refractivity (Wildman–Crippen MR) is 82.0 cm³/mol. The van der Waals surface area contributed by atoms with E-state index in [0.717, 1.165) is 26.3 Å². The zero-order chi connectivity index (χ0) is 13.1. The molecule has 0 spiro atoms. The highest BCUT2D eigenvalue weighted by atomic mass is 79.9. The van der Waals surface area contributed by atoms with Crippen LogP contribution in [0.2, 0.25) is 0 Å². The molecule has 1 aliphatic rings. The van der Waals surface area contributed by atoms with Crippen LogP contribution >= 0.6 is 47.8 Å². The summed E-state index contributed by atoms with van der Waals surface area (Å²) in [5.74, 6) is 1.11. The molecule has 1 saturated carbocycles. The van der Waals surface area contributed by atoms with Gasteiger partial charge in [0, 0.05) is 10.4 Å². The summed E-state index contributed by atoms with van der Waals surface area (Å²) in [6.45, 7) is 0.156. The van der Waals surface area contributed by atoms with Gasteiger partial charge in [-0.3, -0.25) is 4.79 Å². The largest absolute Gasteiger partial charge is 0.483 e. The van der Waals surface area contributed by atoms with Crippen molar-refractivity contribution in [3.63, 3.8) is 0 Å². The molecule has 0 N–H and O–H groups in total. The molecule has 0 amide bonds. The Morgan fingerprint density at radius 3 is 2.28 bits per heavy atom. The molecule has 5 heteroatoms. The third-order valence-corrected chi connectivity index (χ3v) is 4.77. The molecule has 0 aromatic heterocycles. The average Bonchev–Trinajstić information content (AvgIpc) is 2.80. The second-order valence-electron chi connectivity index (χ2n) is 4.43. The van der Waals surface area contributed by atoms with Crippen molar-refractivity contribution in [1.29, 1.82) is 0 Å². The minimum Gasteiger partial charge on any atom is -0.483 e. The lowest BCUT2D eigenvalue weighted by atomic mass is 10.0. The molecule has 2 nitrogen and oxygen atoms in total. The number of carbonyl (C=O) groups excluding carboxylic acids is 1. The molecule has 0 aliphatic heterocycles. The fourth-order valence-corrected chi connectivity index (χ4v) is 4.66. The summed E-state index contributed by atoms with van der Waals surface area (Å²) in [6, 6.07) is 3.81. The van der Waals surface area contributed by atoms with Crippen molar-refractivity contribution < 1.29 is 9.53 Å². The summed E-state index contributed by atoms with van der Waals surface area (Å²) >= 11 is 10.3. The lowest BCUT2D eigenvalue weighted by Gasteiger charge is -2.12. The molecular formula is C13H13Br3O2. The van der Waals surface area contributed by atoms with Crippen molar-refractivity contribution in [2.75, 3.05) is 6.61 Å². The molecule has 1 aromatic rings. The Kier molecular flexibility index (Phi) is 5.27. The Hall–Kier alpha value is 0.130. The average molecular weight is 441 g/mol. The number of hydrogen-bond acceptors (Lipinski definition) is 2. The molecule has 0 saturated heterocycles. The number of halogens is 3. The van der Waals surface area contributed by atoms with Crippen LogP contribution in [0.3, 0.4) is 0 Å². The van der Waals surface area contributed by atoms with Crippen LogP contribution in [0, 0.1) is 5.92 Å². The van der Waals surface area contributed by atoms with Gasteiger partial charge in [0.2, 0.25) is 0 Å². The van der Waals surface area contributed by atoms with Gasteiger partial charge < -0.3 is 4.74 Å². The molecule has 0 heterocycles. The summed E-state index contributed by atoms with van der Waals surface area (Å²) in [7, 11) is 0. The Labute approximate surface area is 132 Å². The van der Waals surface area contributed by atoms with Crippen LogP contribution in [0.4, 0.5) is 0 Å². The topological polar surface area (TPSA) is 26.3 Å². The van der Waals surface area contributed by atoms with Crippen LogP contribution in [0.1, 0.15) is 25.7 Å². The smallest absolute Gasteiger partial charge is 0.173 e. The maximum Gasteiger partial charge on any atom is 0.173 e. The van der Waals surface area contributed by atoms with Crippen LogP contribution in [0.25, 0.3) is 0 Å². The van der Waals surface area contributed by atoms with Gasteiger partial charge in [-0.15, -0.1) is 0 Å². The molecule has 18 heavy (non-hydrogen) atoms. The second kappa shape index (κ2) is 6.53. The van der Waals surface area contributed by atoms with E-state index in [1.807, 2.05) is 12.1 Å². The molecule has 0 unspecified atom stereocenters. The first-order valence-electron chi connectivity index (χ1n) is 5.88. The summed E-state index contributed by atoms with van der Waals surface area (Å²) in [5, 5.41) is 0. The Morgan fingerprint density at radius 1 is 1.17 bits per heavy atom. The fourth-order valence-electron chi connectivity index (χ4n) is 2.18. The van der Waals surface area contributed by atoms with Gasteiger partial charge in [-0.05, 0) is 56.8 Å². The second-order valence-corrected chi connectivity index (χ2v) is 7.06. The van der Waals surface area contributed by atoms with Crippen molar-refractivity contribution in [2.24, 2.45) is 5.92 Å². The van der Waals surface area contributed by atoms with E-state index in [1.54, 1.807) is 0 Å². The lowest BCUT2D eigenvalue weighted by molar-refractivity contribution is -0.124. The molecule has 98 valence electrons. The molecule has 1 aliphatic carbocycles.